The van der Waals surface area contributed by atoms with Crippen molar-refractivity contribution < 1.29 is 9.90 Å². The van der Waals surface area contributed by atoms with Crippen LogP contribution in [0.25, 0.3) is 0 Å². The van der Waals surface area contributed by atoms with Gasteiger partial charge in [-0.2, -0.15) is 0 Å². The first-order valence-corrected chi connectivity index (χ1v) is 6.58. The summed E-state index contributed by atoms with van der Waals surface area (Å²) in [5.74, 6) is 0.228. The summed E-state index contributed by atoms with van der Waals surface area (Å²) in [5.41, 5.74) is 2.54. The molecule has 0 amide bonds. The van der Waals surface area contributed by atoms with Crippen molar-refractivity contribution in [2.24, 2.45) is 0 Å². The summed E-state index contributed by atoms with van der Waals surface area (Å²) in [5, 5.41) is 11.9. The van der Waals surface area contributed by atoms with Crippen molar-refractivity contribution >= 4 is 5.97 Å². The van der Waals surface area contributed by atoms with Gasteiger partial charge in [0, 0.05) is 12.2 Å². The van der Waals surface area contributed by atoms with Crippen LogP contribution in [0.3, 0.4) is 0 Å². The lowest BCUT2D eigenvalue weighted by molar-refractivity contribution is -0.139. The van der Waals surface area contributed by atoms with E-state index in [1.54, 1.807) is 7.05 Å². The maximum atomic E-state index is 11.0. The average molecular weight is 251 g/mol. The molecule has 0 saturated heterocycles. The summed E-state index contributed by atoms with van der Waals surface area (Å²) < 4.78 is 2.20. The molecule has 2 N–H and O–H groups in total. The fourth-order valence-electron chi connectivity index (χ4n) is 2.68. The van der Waals surface area contributed by atoms with Crippen LogP contribution in [-0.4, -0.2) is 33.7 Å². The monoisotopic (exact) mass is 251 g/mol. The van der Waals surface area contributed by atoms with Crippen LogP contribution in [0.1, 0.15) is 36.5 Å². The zero-order valence-electron chi connectivity index (χ0n) is 11.1. The summed E-state index contributed by atoms with van der Waals surface area (Å²) in [6.07, 6.45) is 5.17. The Kier molecular flexibility index (Phi) is 4.01. The number of carbonyl (C=O) groups is 1. The topological polar surface area (TPSA) is 67.2 Å². The van der Waals surface area contributed by atoms with E-state index in [-0.39, 0.29) is 0 Å². The third kappa shape index (κ3) is 2.56. The first kappa shape index (κ1) is 13.1. The Morgan fingerprint density at radius 3 is 2.89 bits per heavy atom. The lowest BCUT2D eigenvalue weighted by atomic mass is 10.0. The molecule has 0 aliphatic heterocycles. The molecular formula is C13H21N3O2. The highest BCUT2D eigenvalue weighted by atomic mass is 16.4. The number of nitrogens with one attached hydrogen (secondary N) is 1. The summed E-state index contributed by atoms with van der Waals surface area (Å²) in [6.45, 7) is 2.74. The largest absolute Gasteiger partial charge is 0.480 e. The number of carboxylic acid groups (broad SMARTS) is 1. The molecule has 0 aromatic carbocycles. The third-order valence-electron chi connectivity index (χ3n) is 3.71. The van der Waals surface area contributed by atoms with Crippen molar-refractivity contribution in [3.63, 3.8) is 0 Å². The molecule has 0 radical (unpaired) electrons. The van der Waals surface area contributed by atoms with E-state index in [4.69, 9.17) is 5.11 Å². The Morgan fingerprint density at radius 1 is 1.50 bits per heavy atom. The van der Waals surface area contributed by atoms with Crippen molar-refractivity contribution in [3.05, 3.63) is 17.2 Å². The van der Waals surface area contributed by atoms with Crippen molar-refractivity contribution in [3.8, 4) is 0 Å². The summed E-state index contributed by atoms with van der Waals surface area (Å²) in [7, 11) is 1.69. The highest BCUT2D eigenvalue weighted by Crippen LogP contribution is 2.22. The standard InChI is InChI=1S/C13H21N3O2/c1-9-15-10-5-3-4-6-12(10)16(9)8-7-11(14-2)13(17)18/h11,14H,3-8H2,1-2H3,(H,17,18). The van der Waals surface area contributed by atoms with Gasteiger partial charge in [0.15, 0.2) is 0 Å². The summed E-state index contributed by atoms with van der Waals surface area (Å²) in [4.78, 5) is 15.6. The van der Waals surface area contributed by atoms with Crippen molar-refractivity contribution in [1.82, 2.24) is 14.9 Å². The van der Waals surface area contributed by atoms with Gasteiger partial charge in [-0.3, -0.25) is 4.79 Å². The molecule has 18 heavy (non-hydrogen) atoms. The molecule has 100 valence electrons. The predicted molar refractivity (Wildman–Crippen MR) is 68.7 cm³/mol. The van der Waals surface area contributed by atoms with Gasteiger partial charge in [-0.25, -0.2) is 4.98 Å². The van der Waals surface area contributed by atoms with Crippen LogP contribution in [0, 0.1) is 6.92 Å². The van der Waals surface area contributed by atoms with E-state index in [0.29, 0.717) is 6.42 Å². The number of likely N-dealkylation sites (N-methyl/N-ethyl adjacent to an activating group) is 1. The van der Waals surface area contributed by atoms with E-state index in [2.05, 4.69) is 14.9 Å². The Hall–Kier alpha value is -1.36. The molecule has 0 fully saturated rings. The summed E-state index contributed by atoms with van der Waals surface area (Å²) in [6, 6.07) is -0.481. The molecule has 0 spiro atoms. The number of imidazole rings is 1. The molecule has 1 aliphatic rings. The molecule has 1 aromatic heterocycles. The highest BCUT2D eigenvalue weighted by molar-refractivity contribution is 5.73. The molecule has 1 atom stereocenters. The van der Waals surface area contributed by atoms with Gasteiger partial charge in [-0.15, -0.1) is 0 Å². The molecule has 5 heteroatoms. The SMILES string of the molecule is CNC(CCn1c(C)nc2c1CCCC2)C(=O)O. The van der Waals surface area contributed by atoms with Crippen LogP contribution < -0.4 is 5.32 Å². The molecule has 0 saturated carbocycles. The molecule has 1 aromatic rings. The van der Waals surface area contributed by atoms with E-state index in [0.717, 1.165) is 25.2 Å². The van der Waals surface area contributed by atoms with Crippen LogP contribution in [0.5, 0.6) is 0 Å². The van der Waals surface area contributed by atoms with Gasteiger partial charge < -0.3 is 15.0 Å². The Labute approximate surface area is 107 Å². The molecule has 5 nitrogen and oxygen atoms in total. The van der Waals surface area contributed by atoms with E-state index < -0.39 is 12.0 Å². The molecule has 0 bridgehead atoms. The quantitative estimate of drug-likeness (QED) is 0.823. The van der Waals surface area contributed by atoms with E-state index in [1.165, 1.54) is 24.2 Å². The smallest absolute Gasteiger partial charge is 0.320 e. The zero-order chi connectivity index (χ0) is 13.1. The second-order valence-corrected chi connectivity index (χ2v) is 4.88. The maximum absolute atomic E-state index is 11.0. The number of aryl methyl sites for hydroxylation is 2. The van der Waals surface area contributed by atoms with Crippen LogP contribution in [0.4, 0.5) is 0 Å². The third-order valence-corrected chi connectivity index (χ3v) is 3.71. The second kappa shape index (κ2) is 5.52. The van der Waals surface area contributed by atoms with Gasteiger partial charge in [0.25, 0.3) is 0 Å². The van der Waals surface area contributed by atoms with Crippen molar-refractivity contribution in [2.45, 2.75) is 51.6 Å². The van der Waals surface area contributed by atoms with Crippen LogP contribution >= 0.6 is 0 Å². The number of carboxylic acids is 1. The average Bonchev–Trinajstić information content (AvgIpc) is 2.66. The van der Waals surface area contributed by atoms with Gasteiger partial charge in [-0.05, 0) is 46.1 Å². The van der Waals surface area contributed by atoms with Gasteiger partial charge in [0.05, 0.1) is 5.69 Å². The van der Waals surface area contributed by atoms with E-state index >= 15 is 0 Å². The number of rotatable bonds is 5. The van der Waals surface area contributed by atoms with Gasteiger partial charge >= 0.3 is 5.97 Å². The highest BCUT2D eigenvalue weighted by Gasteiger charge is 2.20. The number of hydrogen-bond donors (Lipinski definition) is 2. The Morgan fingerprint density at radius 2 is 2.22 bits per heavy atom. The number of fused-ring (bicyclic) bond motifs is 1. The number of aliphatic carboxylic acids is 1. The van der Waals surface area contributed by atoms with Crippen molar-refractivity contribution in [1.29, 1.82) is 0 Å². The minimum Gasteiger partial charge on any atom is -0.480 e. The molecule has 1 heterocycles. The minimum atomic E-state index is -0.788. The van der Waals surface area contributed by atoms with E-state index in [9.17, 15) is 4.79 Å². The Bertz CT molecular complexity index is 440. The lowest BCUT2D eigenvalue weighted by Crippen LogP contribution is -2.35. The van der Waals surface area contributed by atoms with Crippen molar-refractivity contribution in [2.75, 3.05) is 7.05 Å². The van der Waals surface area contributed by atoms with Gasteiger partial charge in [0.2, 0.25) is 0 Å². The van der Waals surface area contributed by atoms with Crippen LogP contribution in [0.15, 0.2) is 0 Å². The first-order chi connectivity index (χ1) is 8.63. The number of aromatic nitrogens is 2. The fraction of sp³-hybridized carbons (Fsp3) is 0.692. The molecular weight excluding hydrogens is 230 g/mol. The first-order valence-electron chi connectivity index (χ1n) is 6.58. The normalized spacial score (nSPS) is 16.3. The summed E-state index contributed by atoms with van der Waals surface area (Å²) >= 11 is 0. The molecule has 1 unspecified atom stereocenters. The lowest BCUT2D eigenvalue weighted by Gasteiger charge is -2.17. The molecule has 2 rings (SSSR count). The maximum Gasteiger partial charge on any atom is 0.320 e. The second-order valence-electron chi connectivity index (χ2n) is 4.88. The van der Waals surface area contributed by atoms with Crippen LogP contribution in [0.2, 0.25) is 0 Å². The minimum absolute atomic E-state index is 0.481. The van der Waals surface area contributed by atoms with Gasteiger partial charge in [0.1, 0.15) is 11.9 Å². The molecule has 1 aliphatic carbocycles. The van der Waals surface area contributed by atoms with E-state index in [1.807, 2.05) is 6.92 Å². The predicted octanol–water partition coefficient (Wildman–Crippen LogP) is 1.13. The fourth-order valence-corrected chi connectivity index (χ4v) is 2.68. The number of hydrogen-bond acceptors (Lipinski definition) is 3. The zero-order valence-corrected chi connectivity index (χ0v) is 11.1. The number of nitrogens with zero attached hydrogens (tertiary/aromatic N) is 2. The van der Waals surface area contributed by atoms with Crippen LogP contribution in [-0.2, 0) is 24.2 Å². The van der Waals surface area contributed by atoms with Gasteiger partial charge in [-0.1, -0.05) is 0 Å². The Balaban J connectivity index is 2.09.